The lowest BCUT2D eigenvalue weighted by atomic mass is 10.2. The molecule has 108 valence electrons. The summed E-state index contributed by atoms with van der Waals surface area (Å²) in [7, 11) is 0. The second kappa shape index (κ2) is 7.44. The van der Waals surface area contributed by atoms with Crippen molar-refractivity contribution in [1.82, 2.24) is 10.6 Å². The van der Waals surface area contributed by atoms with Gasteiger partial charge in [0.2, 0.25) is 5.91 Å². The fourth-order valence-electron chi connectivity index (χ4n) is 1.43. The third-order valence-corrected chi connectivity index (χ3v) is 3.54. The molecule has 2 amide bonds. The molecule has 1 rings (SSSR count). The number of nitrogens with one attached hydrogen (secondary N) is 2. The van der Waals surface area contributed by atoms with Crippen LogP contribution in [0.5, 0.6) is 0 Å². The maximum Gasteiger partial charge on any atom is 0.328 e. The average Bonchev–Trinajstić information content (AvgIpc) is 2.75. The summed E-state index contributed by atoms with van der Waals surface area (Å²) in [6.07, 6.45) is 2.47. The smallest absolute Gasteiger partial charge is 0.328 e. The van der Waals surface area contributed by atoms with Gasteiger partial charge in [-0.1, -0.05) is 0 Å². The van der Waals surface area contributed by atoms with Crippen LogP contribution in [-0.2, 0) is 9.59 Å². The van der Waals surface area contributed by atoms with Crippen molar-refractivity contribution >= 4 is 35.2 Å². The fraction of sp³-hybridized carbons (Fsp3) is 0.308. The van der Waals surface area contributed by atoms with E-state index < -0.39 is 5.97 Å². The molecule has 0 saturated heterocycles. The Morgan fingerprint density at radius 2 is 2.05 bits per heavy atom. The highest BCUT2D eigenvalue weighted by Crippen LogP contribution is 2.23. The number of aliphatic carboxylic acids is 1. The Kier molecular flexibility index (Phi) is 5.92. The number of carbonyl (C=O) groups excluding carboxylic acids is 2. The van der Waals surface area contributed by atoms with Crippen LogP contribution in [0.4, 0.5) is 0 Å². The maximum atomic E-state index is 11.8. The molecule has 0 fully saturated rings. The fourth-order valence-corrected chi connectivity index (χ4v) is 2.42. The van der Waals surface area contributed by atoms with E-state index in [4.69, 9.17) is 5.11 Å². The number of hydrogen-bond acceptors (Lipinski definition) is 4. The lowest BCUT2D eigenvalue weighted by Gasteiger charge is -2.03. The van der Waals surface area contributed by atoms with Crippen molar-refractivity contribution in [3.63, 3.8) is 0 Å². The van der Waals surface area contributed by atoms with E-state index in [2.05, 4.69) is 10.6 Å². The largest absolute Gasteiger partial charge is 0.478 e. The summed E-state index contributed by atoms with van der Waals surface area (Å²) in [6, 6.07) is 1.67. The summed E-state index contributed by atoms with van der Waals surface area (Å²) in [4.78, 5) is 34.7. The standard InChI is InChI=1S/C13H16N2O4S/c1-3-14-11(16)7-15-13(19)10-6-8(2)9(20-10)4-5-12(17)18/h4-6H,3,7H2,1-2H3,(H,14,16)(H,15,19)(H,17,18)/b5-4+. The first kappa shape index (κ1) is 15.9. The Balaban J connectivity index is 2.68. The monoisotopic (exact) mass is 296 g/mol. The van der Waals surface area contributed by atoms with E-state index in [-0.39, 0.29) is 18.4 Å². The summed E-state index contributed by atoms with van der Waals surface area (Å²) in [5.41, 5.74) is 0.815. The highest BCUT2D eigenvalue weighted by Gasteiger charge is 2.12. The number of thiophene rings is 1. The number of hydrogen-bond donors (Lipinski definition) is 3. The van der Waals surface area contributed by atoms with Gasteiger partial charge in [0.15, 0.2) is 0 Å². The molecule has 0 unspecified atom stereocenters. The molecule has 0 aliphatic carbocycles. The molecule has 7 heteroatoms. The zero-order valence-electron chi connectivity index (χ0n) is 11.2. The van der Waals surface area contributed by atoms with E-state index in [0.29, 0.717) is 16.3 Å². The first-order chi connectivity index (χ1) is 9.43. The normalized spacial score (nSPS) is 10.5. The Morgan fingerprint density at radius 3 is 2.65 bits per heavy atom. The van der Waals surface area contributed by atoms with Crippen LogP contribution in [0.15, 0.2) is 12.1 Å². The minimum Gasteiger partial charge on any atom is -0.478 e. The molecule has 20 heavy (non-hydrogen) atoms. The lowest BCUT2D eigenvalue weighted by molar-refractivity contribution is -0.131. The molecule has 6 nitrogen and oxygen atoms in total. The number of carboxylic acid groups (broad SMARTS) is 1. The second-order valence-electron chi connectivity index (χ2n) is 3.97. The Hall–Kier alpha value is -2.15. The molecule has 0 atom stereocenters. The summed E-state index contributed by atoms with van der Waals surface area (Å²) in [5.74, 6) is -1.64. The van der Waals surface area contributed by atoms with Gasteiger partial charge in [0.25, 0.3) is 5.91 Å². The van der Waals surface area contributed by atoms with Gasteiger partial charge in [0.05, 0.1) is 11.4 Å². The van der Waals surface area contributed by atoms with Crippen LogP contribution in [-0.4, -0.2) is 36.0 Å². The SMILES string of the molecule is CCNC(=O)CNC(=O)c1cc(C)c(/C=C/C(=O)O)s1. The summed E-state index contributed by atoms with van der Waals surface area (Å²) < 4.78 is 0. The Morgan fingerprint density at radius 1 is 1.35 bits per heavy atom. The molecule has 0 aliphatic heterocycles. The zero-order chi connectivity index (χ0) is 15.1. The molecule has 0 spiro atoms. The highest BCUT2D eigenvalue weighted by molar-refractivity contribution is 7.15. The van der Waals surface area contributed by atoms with Crippen molar-refractivity contribution in [3.05, 3.63) is 27.5 Å². The van der Waals surface area contributed by atoms with E-state index >= 15 is 0 Å². The summed E-state index contributed by atoms with van der Waals surface area (Å²) in [6.45, 7) is 4.02. The minimum atomic E-state index is -1.04. The van der Waals surface area contributed by atoms with Crippen molar-refractivity contribution in [3.8, 4) is 0 Å². The van der Waals surface area contributed by atoms with Gasteiger partial charge in [0.1, 0.15) is 0 Å². The number of likely N-dealkylation sites (N-methyl/N-ethyl adjacent to an activating group) is 1. The van der Waals surface area contributed by atoms with E-state index in [0.717, 1.165) is 11.6 Å². The van der Waals surface area contributed by atoms with Crippen molar-refractivity contribution in [1.29, 1.82) is 0 Å². The van der Waals surface area contributed by atoms with Gasteiger partial charge in [-0.15, -0.1) is 11.3 Å². The van der Waals surface area contributed by atoms with Crippen LogP contribution < -0.4 is 10.6 Å². The summed E-state index contributed by atoms with van der Waals surface area (Å²) >= 11 is 1.18. The zero-order valence-corrected chi connectivity index (χ0v) is 12.0. The number of rotatable bonds is 6. The van der Waals surface area contributed by atoms with Gasteiger partial charge in [0, 0.05) is 17.5 Å². The molecule has 0 aliphatic rings. The van der Waals surface area contributed by atoms with Crippen molar-refractivity contribution in [2.24, 2.45) is 0 Å². The third-order valence-electron chi connectivity index (χ3n) is 2.34. The van der Waals surface area contributed by atoms with Crippen LogP contribution in [0.25, 0.3) is 6.08 Å². The number of carbonyl (C=O) groups is 3. The second-order valence-corrected chi connectivity index (χ2v) is 5.05. The first-order valence-corrected chi connectivity index (χ1v) is 6.82. The van der Waals surface area contributed by atoms with Crippen molar-refractivity contribution in [2.45, 2.75) is 13.8 Å². The first-order valence-electron chi connectivity index (χ1n) is 6.00. The van der Waals surface area contributed by atoms with Crippen molar-refractivity contribution in [2.75, 3.05) is 13.1 Å². The molecule has 3 N–H and O–H groups in total. The van der Waals surface area contributed by atoms with Crippen LogP contribution in [0, 0.1) is 6.92 Å². The minimum absolute atomic E-state index is 0.0794. The van der Waals surface area contributed by atoms with Crippen molar-refractivity contribution < 1.29 is 19.5 Å². The predicted octanol–water partition coefficient (Wildman–Crippen LogP) is 1.02. The summed E-state index contributed by atoms with van der Waals surface area (Å²) in [5, 5.41) is 13.7. The molecule has 0 radical (unpaired) electrons. The average molecular weight is 296 g/mol. The molecule has 0 bridgehead atoms. The van der Waals surface area contributed by atoms with Gasteiger partial charge < -0.3 is 15.7 Å². The highest BCUT2D eigenvalue weighted by atomic mass is 32.1. The van der Waals surface area contributed by atoms with E-state index in [1.165, 1.54) is 17.4 Å². The number of carboxylic acids is 1. The van der Waals surface area contributed by atoms with Crippen LogP contribution in [0.3, 0.4) is 0 Å². The molecule has 1 heterocycles. The number of amides is 2. The van der Waals surface area contributed by atoms with Crippen LogP contribution >= 0.6 is 11.3 Å². The Bertz CT molecular complexity index is 549. The van der Waals surface area contributed by atoms with Gasteiger partial charge in [-0.25, -0.2) is 4.79 Å². The van der Waals surface area contributed by atoms with Crippen LogP contribution in [0.1, 0.15) is 27.0 Å². The molecule has 0 saturated carbocycles. The third kappa shape index (κ3) is 4.85. The molecular formula is C13H16N2O4S. The van der Waals surface area contributed by atoms with Crippen LogP contribution in [0.2, 0.25) is 0 Å². The molecular weight excluding hydrogens is 280 g/mol. The molecule has 1 aromatic rings. The lowest BCUT2D eigenvalue weighted by Crippen LogP contribution is -2.36. The topological polar surface area (TPSA) is 95.5 Å². The van der Waals surface area contributed by atoms with E-state index in [1.807, 2.05) is 0 Å². The van der Waals surface area contributed by atoms with Gasteiger partial charge >= 0.3 is 5.97 Å². The predicted molar refractivity (Wildman–Crippen MR) is 76.7 cm³/mol. The van der Waals surface area contributed by atoms with E-state index in [1.54, 1.807) is 19.9 Å². The molecule has 0 aromatic carbocycles. The van der Waals surface area contributed by atoms with Gasteiger partial charge in [-0.05, 0) is 31.6 Å². The van der Waals surface area contributed by atoms with Gasteiger partial charge in [-0.2, -0.15) is 0 Å². The maximum absolute atomic E-state index is 11.8. The number of aryl methyl sites for hydroxylation is 1. The van der Waals surface area contributed by atoms with E-state index in [9.17, 15) is 14.4 Å². The Labute approximate surface area is 120 Å². The molecule has 1 aromatic heterocycles. The van der Waals surface area contributed by atoms with Gasteiger partial charge in [-0.3, -0.25) is 9.59 Å². The quantitative estimate of drug-likeness (QED) is 0.683.